The van der Waals surface area contributed by atoms with Crippen LogP contribution in [0.1, 0.15) is 31.1 Å². The minimum absolute atomic E-state index is 0.289. The molecule has 0 aromatic carbocycles. The van der Waals surface area contributed by atoms with Crippen molar-refractivity contribution in [1.82, 2.24) is 4.31 Å². The molecule has 1 aromatic heterocycles. The van der Waals surface area contributed by atoms with E-state index in [1.165, 1.54) is 11.3 Å². The van der Waals surface area contributed by atoms with Crippen LogP contribution in [0.25, 0.3) is 0 Å². The number of sulfonamides is 1. The van der Waals surface area contributed by atoms with Crippen molar-refractivity contribution in [3.05, 3.63) is 16.3 Å². The van der Waals surface area contributed by atoms with Crippen LogP contribution in [0.5, 0.6) is 0 Å². The molecule has 1 saturated heterocycles. The van der Waals surface area contributed by atoms with E-state index in [4.69, 9.17) is 5.73 Å². The van der Waals surface area contributed by atoms with Gasteiger partial charge >= 0.3 is 0 Å². The highest BCUT2D eigenvalue weighted by Gasteiger charge is 2.31. The lowest BCUT2D eigenvalue weighted by Crippen LogP contribution is -2.39. The lowest BCUT2D eigenvalue weighted by molar-refractivity contribution is 0.261. The van der Waals surface area contributed by atoms with Crippen LogP contribution in [0.3, 0.4) is 0 Å². The number of nitrogens with zero attached hydrogens (tertiary/aromatic N) is 1. The van der Waals surface area contributed by atoms with E-state index in [-0.39, 0.29) is 6.54 Å². The summed E-state index contributed by atoms with van der Waals surface area (Å²) >= 11 is 1.42. The average Bonchev–Trinajstić information content (AvgIpc) is 2.88. The number of nitrogens with two attached hydrogens (primary N) is 1. The van der Waals surface area contributed by atoms with Gasteiger partial charge in [0.1, 0.15) is 0 Å². The van der Waals surface area contributed by atoms with Crippen LogP contribution in [0, 0.1) is 5.92 Å². The normalized spacial score (nSPS) is 22.2. The maximum atomic E-state index is 12.6. The molecule has 1 aliphatic heterocycles. The van der Waals surface area contributed by atoms with Crippen molar-refractivity contribution < 1.29 is 8.42 Å². The fourth-order valence-corrected chi connectivity index (χ4v) is 5.29. The molecule has 0 aliphatic carbocycles. The predicted molar refractivity (Wildman–Crippen MR) is 74.0 cm³/mol. The molecule has 2 heterocycles. The van der Waals surface area contributed by atoms with Gasteiger partial charge in [0.15, 0.2) is 0 Å². The van der Waals surface area contributed by atoms with Gasteiger partial charge in [-0.1, -0.05) is 13.3 Å². The van der Waals surface area contributed by atoms with E-state index in [0.717, 1.165) is 24.1 Å². The fourth-order valence-electron chi connectivity index (χ4n) is 2.43. The molecule has 18 heavy (non-hydrogen) atoms. The Morgan fingerprint density at radius 3 is 3.00 bits per heavy atom. The summed E-state index contributed by atoms with van der Waals surface area (Å²) in [5.74, 6) is 0.494. The van der Waals surface area contributed by atoms with Gasteiger partial charge in [0.25, 0.3) is 0 Å². The van der Waals surface area contributed by atoms with Crippen molar-refractivity contribution in [3.63, 3.8) is 0 Å². The summed E-state index contributed by atoms with van der Waals surface area (Å²) in [5, 5.41) is 1.80. The zero-order valence-corrected chi connectivity index (χ0v) is 12.3. The monoisotopic (exact) mass is 288 g/mol. The summed E-state index contributed by atoms with van der Waals surface area (Å²) in [6, 6.07) is 1.68. The van der Waals surface area contributed by atoms with Crippen molar-refractivity contribution in [2.45, 2.75) is 37.6 Å². The number of piperidine rings is 1. The predicted octanol–water partition coefficient (Wildman–Crippen LogP) is 2.02. The van der Waals surface area contributed by atoms with E-state index in [1.807, 2.05) is 0 Å². The molecule has 6 heteroatoms. The zero-order valence-electron chi connectivity index (χ0n) is 10.6. The Labute approximate surface area is 113 Å². The van der Waals surface area contributed by atoms with Gasteiger partial charge in [0.2, 0.25) is 10.0 Å². The summed E-state index contributed by atoms with van der Waals surface area (Å²) in [6.45, 7) is 3.70. The Morgan fingerprint density at radius 1 is 1.56 bits per heavy atom. The Kier molecular flexibility index (Phi) is 4.42. The van der Waals surface area contributed by atoms with Crippen LogP contribution in [-0.2, 0) is 16.6 Å². The summed E-state index contributed by atoms with van der Waals surface area (Å²) in [7, 11) is -3.34. The van der Waals surface area contributed by atoms with Gasteiger partial charge in [-0.2, -0.15) is 4.31 Å². The number of hydrogen-bond acceptors (Lipinski definition) is 4. The zero-order chi connectivity index (χ0) is 13.2. The summed E-state index contributed by atoms with van der Waals surface area (Å²) in [5.41, 5.74) is 5.60. The van der Waals surface area contributed by atoms with Crippen molar-refractivity contribution in [3.8, 4) is 0 Å². The lowest BCUT2D eigenvalue weighted by atomic mass is 9.97. The molecule has 102 valence electrons. The van der Waals surface area contributed by atoms with Crippen molar-refractivity contribution in [1.29, 1.82) is 0 Å². The first-order chi connectivity index (χ1) is 8.59. The van der Waals surface area contributed by atoms with Crippen molar-refractivity contribution >= 4 is 21.4 Å². The van der Waals surface area contributed by atoms with Gasteiger partial charge in [0, 0.05) is 24.5 Å². The minimum atomic E-state index is -3.34. The first-order valence-electron chi connectivity index (χ1n) is 6.36. The molecule has 1 aromatic rings. The molecule has 2 rings (SSSR count). The Bertz CT molecular complexity index is 496. The highest BCUT2D eigenvalue weighted by atomic mass is 32.2. The smallest absolute Gasteiger partial charge is 0.244 e. The van der Waals surface area contributed by atoms with Crippen LogP contribution >= 0.6 is 11.3 Å². The molecule has 1 atom stereocenters. The third kappa shape index (κ3) is 2.61. The highest BCUT2D eigenvalue weighted by molar-refractivity contribution is 7.89. The Balaban J connectivity index is 2.25. The first-order valence-corrected chi connectivity index (χ1v) is 8.68. The summed E-state index contributed by atoms with van der Waals surface area (Å²) in [4.78, 5) is 1.17. The van der Waals surface area contributed by atoms with E-state index in [0.29, 0.717) is 23.9 Å². The maximum absolute atomic E-state index is 12.6. The fraction of sp³-hybridized carbons (Fsp3) is 0.667. The second-order valence-corrected chi connectivity index (χ2v) is 7.60. The van der Waals surface area contributed by atoms with E-state index in [9.17, 15) is 8.42 Å². The van der Waals surface area contributed by atoms with E-state index >= 15 is 0 Å². The second-order valence-electron chi connectivity index (χ2n) is 4.69. The largest absolute Gasteiger partial charge is 0.326 e. The van der Waals surface area contributed by atoms with Gasteiger partial charge in [-0.05, 0) is 30.2 Å². The van der Waals surface area contributed by atoms with Crippen LogP contribution < -0.4 is 5.73 Å². The van der Waals surface area contributed by atoms with Crippen molar-refractivity contribution in [2.75, 3.05) is 13.1 Å². The van der Waals surface area contributed by atoms with Crippen LogP contribution in [0.2, 0.25) is 0 Å². The Morgan fingerprint density at radius 2 is 2.33 bits per heavy atom. The molecule has 2 N–H and O–H groups in total. The Hall–Kier alpha value is -0.430. The van der Waals surface area contributed by atoms with Crippen LogP contribution in [0.15, 0.2) is 16.3 Å². The van der Waals surface area contributed by atoms with Gasteiger partial charge < -0.3 is 5.73 Å². The number of thiophene rings is 1. The van der Waals surface area contributed by atoms with Crippen LogP contribution in [-0.4, -0.2) is 25.8 Å². The SMILES string of the molecule is CCC1CCCN(S(=O)(=O)c2ccsc2CN)C1. The summed E-state index contributed by atoms with van der Waals surface area (Å²) in [6.07, 6.45) is 3.13. The quantitative estimate of drug-likeness (QED) is 0.922. The van der Waals surface area contributed by atoms with E-state index < -0.39 is 10.0 Å². The van der Waals surface area contributed by atoms with Gasteiger partial charge in [-0.15, -0.1) is 11.3 Å². The molecular formula is C12H20N2O2S2. The van der Waals surface area contributed by atoms with Crippen LogP contribution in [0.4, 0.5) is 0 Å². The molecule has 1 fully saturated rings. The minimum Gasteiger partial charge on any atom is -0.326 e. The molecule has 1 aliphatic rings. The van der Waals surface area contributed by atoms with Gasteiger partial charge in [-0.25, -0.2) is 8.42 Å². The maximum Gasteiger partial charge on any atom is 0.244 e. The highest BCUT2D eigenvalue weighted by Crippen LogP contribution is 2.29. The molecule has 0 radical (unpaired) electrons. The number of hydrogen-bond donors (Lipinski definition) is 1. The molecule has 0 bridgehead atoms. The lowest BCUT2D eigenvalue weighted by Gasteiger charge is -2.31. The molecular weight excluding hydrogens is 268 g/mol. The van der Waals surface area contributed by atoms with E-state index in [1.54, 1.807) is 15.8 Å². The average molecular weight is 288 g/mol. The third-order valence-electron chi connectivity index (χ3n) is 3.57. The standard InChI is InChI=1S/C12H20N2O2S2/c1-2-10-4-3-6-14(9-10)18(15,16)12-5-7-17-11(12)8-13/h5,7,10H,2-4,6,8-9,13H2,1H3. The molecule has 0 saturated carbocycles. The molecule has 4 nitrogen and oxygen atoms in total. The molecule has 0 spiro atoms. The number of rotatable bonds is 4. The molecule has 1 unspecified atom stereocenters. The van der Waals surface area contributed by atoms with Crippen molar-refractivity contribution in [2.24, 2.45) is 11.7 Å². The molecule has 0 amide bonds. The van der Waals surface area contributed by atoms with E-state index in [2.05, 4.69) is 6.92 Å². The third-order valence-corrected chi connectivity index (χ3v) is 6.59. The topological polar surface area (TPSA) is 63.4 Å². The van der Waals surface area contributed by atoms with Gasteiger partial charge in [0.05, 0.1) is 4.90 Å². The first kappa shape index (κ1) is 14.0. The summed E-state index contributed by atoms with van der Waals surface area (Å²) < 4.78 is 26.8. The second kappa shape index (κ2) is 5.69. The van der Waals surface area contributed by atoms with Gasteiger partial charge in [-0.3, -0.25) is 0 Å².